The maximum atomic E-state index is 13.7. The average Bonchev–Trinajstić information content (AvgIpc) is 2.76. The van der Waals surface area contributed by atoms with E-state index < -0.39 is 58.4 Å². The Balaban J connectivity index is 1.96. The van der Waals surface area contributed by atoms with E-state index in [2.05, 4.69) is 23.7 Å². The highest BCUT2D eigenvalue weighted by Gasteiger charge is 2.54. The van der Waals surface area contributed by atoms with E-state index in [0.717, 1.165) is 0 Å². The van der Waals surface area contributed by atoms with Crippen LogP contribution in [-0.4, -0.2) is 57.8 Å². The SMILES string of the molecule is CC#Cc1cc(C#CC)c2c(c1O)C(=O)C1=C(O)C3C(=O)C(C(N)=O)=C(O)[C@@H](N(C)C)C3CC1C2. The first-order valence-electron chi connectivity index (χ1n) is 11.2. The predicted octanol–water partition coefficient (Wildman–Crippen LogP) is 1.75. The van der Waals surface area contributed by atoms with Crippen molar-refractivity contribution in [1.29, 1.82) is 0 Å². The van der Waals surface area contributed by atoms with E-state index in [-0.39, 0.29) is 28.9 Å². The third kappa shape index (κ3) is 3.50. The number of amides is 1. The molecule has 4 rings (SSSR count). The molecule has 0 radical (unpaired) electrons. The van der Waals surface area contributed by atoms with Gasteiger partial charge in [0.05, 0.1) is 23.1 Å². The van der Waals surface area contributed by atoms with Crippen molar-refractivity contribution in [2.45, 2.75) is 32.7 Å². The lowest BCUT2D eigenvalue weighted by molar-refractivity contribution is -0.127. The van der Waals surface area contributed by atoms with Gasteiger partial charge in [-0.1, -0.05) is 11.8 Å². The Hall–Kier alpha value is -4.01. The summed E-state index contributed by atoms with van der Waals surface area (Å²) in [7, 11) is 3.38. The van der Waals surface area contributed by atoms with Crippen LogP contribution >= 0.6 is 0 Å². The molecule has 35 heavy (non-hydrogen) atoms. The number of phenolic OH excluding ortho intramolecular Hbond substituents is 1. The highest BCUT2D eigenvalue weighted by molar-refractivity contribution is 6.22. The Labute approximate surface area is 203 Å². The molecule has 0 saturated carbocycles. The number of fused-ring (bicyclic) bond motifs is 3. The second-order valence-corrected chi connectivity index (χ2v) is 9.23. The predicted molar refractivity (Wildman–Crippen MR) is 127 cm³/mol. The van der Waals surface area contributed by atoms with Gasteiger partial charge in [0, 0.05) is 11.1 Å². The second-order valence-electron chi connectivity index (χ2n) is 9.23. The topological polar surface area (TPSA) is 141 Å². The highest BCUT2D eigenvalue weighted by atomic mass is 16.3. The smallest absolute Gasteiger partial charge is 0.255 e. The van der Waals surface area contributed by atoms with Gasteiger partial charge >= 0.3 is 0 Å². The maximum Gasteiger partial charge on any atom is 0.255 e. The number of nitrogens with zero attached hydrogens (tertiary/aromatic N) is 1. The maximum absolute atomic E-state index is 13.7. The van der Waals surface area contributed by atoms with E-state index in [1.54, 1.807) is 38.9 Å². The van der Waals surface area contributed by atoms with E-state index in [0.29, 0.717) is 17.5 Å². The van der Waals surface area contributed by atoms with Gasteiger partial charge in [0.25, 0.3) is 5.91 Å². The number of nitrogens with two attached hydrogens (primary N) is 1. The Morgan fingerprint density at radius 1 is 1.06 bits per heavy atom. The van der Waals surface area contributed by atoms with Gasteiger partial charge in [-0.2, -0.15) is 0 Å². The third-order valence-corrected chi connectivity index (χ3v) is 7.09. The van der Waals surface area contributed by atoms with Crippen molar-refractivity contribution >= 4 is 17.5 Å². The molecule has 3 aliphatic carbocycles. The number of likely N-dealkylation sites (N-methyl/N-ethyl adjacent to an activating group) is 1. The zero-order chi connectivity index (χ0) is 25.8. The van der Waals surface area contributed by atoms with Crippen LogP contribution in [0.2, 0.25) is 0 Å². The highest BCUT2D eigenvalue weighted by Crippen LogP contribution is 2.50. The van der Waals surface area contributed by atoms with Gasteiger partial charge in [0.15, 0.2) is 11.6 Å². The minimum Gasteiger partial charge on any atom is -0.511 e. The van der Waals surface area contributed by atoms with Crippen molar-refractivity contribution in [1.82, 2.24) is 4.90 Å². The third-order valence-electron chi connectivity index (χ3n) is 7.09. The lowest BCUT2D eigenvalue weighted by atomic mass is 9.60. The molecule has 180 valence electrons. The average molecular weight is 475 g/mol. The van der Waals surface area contributed by atoms with Gasteiger partial charge < -0.3 is 21.1 Å². The quantitative estimate of drug-likeness (QED) is 0.378. The minimum absolute atomic E-state index is 0.0141. The summed E-state index contributed by atoms with van der Waals surface area (Å²) in [6.07, 6.45) is 0.582. The van der Waals surface area contributed by atoms with Crippen molar-refractivity contribution in [3.8, 4) is 29.4 Å². The van der Waals surface area contributed by atoms with Crippen LogP contribution in [0, 0.1) is 41.4 Å². The monoisotopic (exact) mass is 474 g/mol. The number of primary amides is 1. The number of rotatable bonds is 2. The lowest BCUT2D eigenvalue weighted by Crippen LogP contribution is -2.53. The second kappa shape index (κ2) is 8.65. The van der Waals surface area contributed by atoms with Gasteiger partial charge in [-0.25, -0.2) is 0 Å². The molecule has 0 bridgehead atoms. The fourth-order valence-electron chi connectivity index (χ4n) is 5.81. The number of phenols is 1. The summed E-state index contributed by atoms with van der Waals surface area (Å²) in [6, 6.07) is 0.890. The Kier molecular flexibility index (Phi) is 5.96. The molecule has 3 unspecified atom stereocenters. The molecule has 3 aliphatic rings. The first-order valence-corrected chi connectivity index (χ1v) is 11.2. The van der Waals surface area contributed by atoms with E-state index in [4.69, 9.17) is 5.73 Å². The molecule has 1 amide bonds. The molecule has 5 N–H and O–H groups in total. The van der Waals surface area contributed by atoms with Crippen molar-refractivity contribution in [2.24, 2.45) is 23.5 Å². The van der Waals surface area contributed by atoms with Crippen LogP contribution in [0.5, 0.6) is 5.75 Å². The fraction of sp³-hybridized carbons (Fsp3) is 0.370. The number of benzene rings is 1. The van der Waals surface area contributed by atoms with Crippen LogP contribution in [0.25, 0.3) is 0 Å². The summed E-state index contributed by atoms with van der Waals surface area (Å²) in [4.78, 5) is 40.6. The summed E-state index contributed by atoms with van der Waals surface area (Å²) < 4.78 is 0. The number of Topliss-reactive ketones (excluding diaryl/α,β-unsaturated/α-hetero) is 2. The van der Waals surface area contributed by atoms with E-state index >= 15 is 0 Å². The van der Waals surface area contributed by atoms with Crippen molar-refractivity contribution in [3.63, 3.8) is 0 Å². The number of carbonyl (C=O) groups excluding carboxylic acids is 3. The van der Waals surface area contributed by atoms with Crippen molar-refractivity contribution in [3.05, 3.63) is 51.0 Å². The number of aliphatic hydroxyl groups excluding tert-OH is 2. The van der Waals surface area contributed by atoms with Gasteiger partial charge in [0.1, 0.15) is 22.8 Å². The number of hydrogen-bond donors (Lipinski definition) is 4. The molecule has 4 atom stereocenters. The first-order chi connectivity index (χ1) is 16.5. The largest absolute Gasteiger partial charge is 0.511 e. The molecule has 0 fully saturated rings. The zero-order valence-corrected chi connectivity index (χ0v) is 19.9. The van der Waals surface area contributed by atoms with E-state index in [1.165, 1.54) is 0 Å². The van der Waals surface area contributed by atoms with Gasteiger partial charge in [-0.3, -0.25) is 19.3 Å². The Morgan fingerprint density at radius 3 is 2.26 bits per heavy atom. The number of allylic oxidation sites excluding steroid dienone is 2. The molecule has 0 heterocycles. The van der Waals surface area contributed by atoms with Crippen molar-refractivity contribution in [2.75, 3.05) is 14.1 Å². The molecule has 0 saturated heterocycles. The zero-order valence-electron chi connectivity index (χ0n) is 19.9. The normalized spacial score (nSPS) is 25.2. The van der Waals surface area contributed by atoms with Crippen LogP contribution in [0.15, 0.2) is 28.7 Å². The number of aromatic hydroxyl groups is 1. The Morgan fingerprint density at radius 2 is 1.69 bits per heavy atom. The molecule has 0 aliphatic heterocycles. The molecule has 1 aromatic rings. The first kappa shape index (κ1) is 24.1. The number of hydrogen-bond acceptors (Lipinski definition) is 7. The minimum atomic E-state index is -1.21. The number of aliphatic hydroxyl groups is 2. The molecule has 8 nitrogen and oxygen atoms in total. The summed E-state index contributed by atoms with van der Waals surface area (Å²) in [5, 5.41) is 33.0. The number of ketones is 2. The molecule has 1 aromatic carbocycles. The summed E-state index contributed by atoms with van der Waals surface area (Å²) in [6.45, 7) is 3.27. The lowest BCUT2D eigenvalue weighted by Gasteiger charge is -2.46. The fourth-order valence-corrected chi connectivity index (χ4v) is 5.81. The molecule has 8 heteroatoms. The molecular formula is C27H26N2O6. The summed E-state index contributed by atoms with van der Waals surface area (Å²) >= 11 is 0. The molecule has 0 spiro atoms. The van der Waals surface area contributed by atoms with Crippen LogP contribution in [0.4, 0.5) is 0 Å². The van der Waals surface area contributed by atoms with Gasteiger partial charge in [-0.15, -0.1) is 11.8 Å². The van der Waals surface area contributed by atoms with Gasteiger partial charge in [0.2, 0.25) is 0 Å². The number of carbonyl (C=O) groups is 3. The van der Waals surface area contributed by atoms with Crippen LogP contribution in [0.3, 0.4) is 0 Å². The molecule has 0 aromatic heterocycles. The van der Waals surface area contributed by atoms with Crippen LogP contribution in [-0.2, 0) is 16.0 Å². The summed E-state index contributed by atoms with van der Waals surface area (Å²) in [5.41, 5.74) is 6.24. The van der Waals surface area contributed by atoms with Crippen molar-refractivity contribution < 1.29 is 29.7 Å². The van der Waals surface area contributed by atoms with E-state index in [1.807, 2.05) is 0 Å². The molecular weight excluding hydrogens is 448 g/mol. The van der Waals surface area contributed by atoms with Crippen LogP contribution < -0.4 is 5.73 Å². The standard InChI is InChI=1S/C27H26N2O6/c1-5-7-12-9-13(8-6-2)22(30)18-15(12)10-14-11-16-19(24(32)17(14)23(18)31)25(33)20(27(28)35)26(34)21(16)29(3)4/h9,14,16,19,21,30,32,34H,10-11H2,1-4H3,(H2,28,35)/t14?,16?,19?,21-/m0/s1. The van der Waals surface area contributed by atoms with E-state index in [9.17, 15) is 29.7 Å². The van der Waals surface area contributed by atoms with Gasteiger partial charge in [-0.05, 0) is 64.3 Å². The Bertz CT molecular complexity index is 1380. The summed E-state index contributed by atoms with van der Waals surface area (Å²) in [5.74, 6) is 5.34. The van der Waals surface area contributed by atoms with Crippen LogP contribution in [0.1, 0.15) is 47.3 Å².